The van der Waals surface area contributed by atoms with E-state index in [2.05, 4.69) is 21.4 Å². The van der Waals surface area contributed by atoms with Crippen molar-refractivity contribution in [2.24, 2.45) is 5.84 Å². The van der Waals surface area contributed by atoms with Gasteiger partial charge in [-0.3, -0.25) is 5.84 Å². The fourth-order valence-corrected chi connectivity index (χ4v) is 2.86. The molecule has 0 saturated carbocycles. The van der Waals surface area contributed by atoms with Crippen LogP contribution < -0.4 is 11.3 Å². The molecule has 3 aromatic rings. The second-order valence-corrected chi connectivity index (χ2v) is 5.74. The summed E-state index contributed by atoms with van der Waals surface area (Å²) in [6.07, 6.45) is 0. The molecule has 3 N–H and O–H groups in total. The van der Waals surface area contributed by atoms with Crippen molar-refractivity contribution in [2.45, 2.75) is 6.04 Å². The van der Waals surface area contributed by atoms with Crippen LogP contribution in [0.3, 0.4) is 0 Å². The number of hydrazine groups is 1. The molecule has 1 atom stereocenters. The fourth-order valence-electron chi connectivity index (χ4n) is 2.21. The summed E-state index contributed by atoms with van der Waals surface area (Å²) >= 11 is 9.58. The van der Waals surface area contributed by atoms with E-state index in [-0.39, 0.29) is 6.04 Å². The molecule has 1 unspecified atom stereocenters. The highest BCUT2D eigenvalue weighted by Crippen LogP contribution is 2.33. The van der Waals surface area contributed by atoms with Gasteiger partial charge in [0.2, 0.25) is 0 Å². The molecule has 1 heterocycles. The van der Waals surface area contributed by atoms with Crippen LogP contribution in [-0.4, -0.2) is 0 Å². The van der Waals surface area contributed by atoms with Gasteiger partial charge in [-0.25, -0.2) is 5.43 Å². The van der Waals surface area contributed by atoms with Gasteiger partial charge in [0, 0.05) is 14.9 Å². The van der Waals surface area contributed by atoms with Crippen LogP contribution in [0, 0.1) is 0 Å². The highest BCUT2D eigenvalue weighted by molar-refractivity contribution is 9.10. The Morgan fingerprint density at radius 1 is 1.15 bits per heavy atom. The Balaban J connectivity index is 2.11. The number of nitrogens with one attached hydrogen (secondary N) is 1. The van der Waals surface area contributed by atoms with Crippen molar-refractivity contribution in [1.82, 2.24) is 5.43 Å². The molecule has 20 heavy (non-hydrogen) atoms. The number of benzene rings is 2. The van der Waals surface area contributed by atoms with Crippen molar-refractivity contribution in [2.75, 3.05) is 0 Å². The molecule has 0 aliphatic carbocycles. The van der Waals surface area contributed by atoms with E-state index in [1.165, 1.54) is 0 Å². The van der Waals surface area contributed by atoms with E-state index in [0.717, 1.165) is 26.8 Å². The van der Waals surface area contributed by atoms with E-state index in [9.17, 15) is 0 Å². The number of hydrogen-bond acceptors (Lipinski definition) is 3. The number of para-hydroxylation sites is 1. The molecule has 102 valence electrons. The van der Waals surface area contributed by atoms with Gasteiger partial charge in [0.1, 0.15) is 17.4 Å². The van der Waals surface area contributed by atoms with E-state index in [0.29, 0.717) is 5.02 Å². The lowest BCUT2D eigenvalue weighted by Gasteiger charge is -2.15. The smallest absolute Gasteiger partial charge is 0.134 e. The zero-order valence-electron chi connectivity index (χ0n) is 10.4. The molecule has 0 saturated heterocycles. The summed E-state index contributed by atoms with van der Waals surface area (Å²) < 4.78 is 6.79. The molecule has 0 radical (unpaired) electrons. The van der Waals surface area contributed by atoms with Gasteiger partial charge in [-0.15, -0.1) is 0 Å². The Bertz CT molecular complexity index is 723. The van der Waals surface area contributed by atoms with Gasteiger partial charge in [-0.2, -0.15) is 0 Å². The Morgan fingerprint density at radius 2 is 1.95 bits per heavy atom. The van der Waals surface area contributed by atoms with Crippen LogP contribution in [0.1, 0.15) is 17.4 Å². The number of halogens is 2. The lowest BCUT2D eigenvalue weighted by Crippen LogP contribution is -2.28. The second kappa shape index (κ2) is 5.58. The van der Waals surface area contributed by atoms with Crippen LogP contribution >= 0.6 is 27.5 Å². The van der Waals surface area contributed by atoms with E-state index in [1.807, 2.05) is 48.5 Å². The van der Waals surface area contributed by atoms with Gasteiger partial charge in [-0.05, 0) is 35.9 Å². The van der Waals surface area contributed by atoms with E-state index in [1.54, 1.807) is 0 Å². The highest BCUT2D eigenvalue weighted by atomic mass is 79.9. The number of furan rings is 1. The third kappa shape index (κ3) is 2.47. The molecule has 2 aromatic carbocycles. The van der Waals surface area contributed by atoms with Crippen LogP contribution in [0.15, 0.2) is 57.4 Å². The number of hydrogen-bond donors (Lipinski definition) is 2. The Morgan fingerprint density at radius 3 is 2.70 bits per heavy atom. The molecule has 0 aliphatic rings. The third-order valence-corrected chi connectivity index (χ3v) is 4.12. The average molecular weight is 352 g/mol. The van der Waals surface area contributed by atoms with Crippen molar-refractivity contribution in [1.29, 1.82) is 0 Å². The molecule has 3 nitrogen and oxygen atoms in total. The van der Waals surface area contributed by atoms with Crippen molar-refractivity contribution >= 4 is 38.5 Å². The maximum atomic E-state index is 6.06. The first-order chi connectivity index (χ1) is 9.69. The first-order valence-electron chi connectivity index (χ1n) is 6.08. The van der Waals surface area contributed by atoms with Gasteiger partial charge in [0.15, 0.2) is 0 Å². The summed E-state index contributed by atoms with van der Waals surface area (Å²) in [6.45, 7) is 0. The molecule has 3 rings (SSSR count). The number of rotatable bonds is 3. The SMILES string of the molecule is NNC(c1cc2ccccc2o1)c1cc(Cl)ccc1Br. The number of nitrogens with two attached hydrogens (primary N) is 1. The van der Waals surface area contributed by atoms with Gasteiger partial charge in [0.05, 0.1) is 0 Å². The second-order valence-electron chi connectivity index (χ2n) is 4.45. The zero-order chi connectivity index (χ0) is 14.1. The Hall–Kier alpha value is -1.33. The average Bonchev–Trinajstić information content (AvgIpc) is 2.87. The summed E-state index contributed by atoms with van der Waals surface area (Å²) in [6, 6.07) is 15.1. The molecular weight excluding hydrogens is 340 g/mol. The first-order valence-corrected chi connectivity index (χ1v) is 7.25. The minimum absolute atomic E-state index is 0.268. The van der Waals surface area contributed by atoms with Crippen molar-refractivity contribution in [3.8, 4) is 0 Å². The van der Waals surface area contributed by atoms with Gasteiger partial charge in [0.25, 0.3) is 0 Å². The van der Waals surface area contributed by atoms with Crippen molar-refractivity contribution in [3.63, 3.8) is 0 Å². The minimum Gasteiger partial charge on any atom is -0.459 e. The summed E-state index contributed by atoms with van der Waals surface area (Å²) in [5.74, 6) is 6.45. The van der Waals surface area contributed by atoms with Crippen molar-refractivity contribution < 1.29 is 4.42 Å². The first kappa shape index (κ1) is 13.6. The minimum atomic E-state index is -0.268. The third-order valence-electron chi connectivity index (χ3n) is 3.16. The quantitative estimate of drug-likeness (QED) is 0.543. The van der Waals surface area contributed by atoms with Crippen molar-refractivity contribution in [3.05, 3.63) is 69.3 Å². The molecule has 0 aliphatic heterocycles. The summed E-state index contributed by atoms with van der Waals surface area (Å²) in [4.78, 5) is 0. The maximum absolute atomic E-state index is 6.06. The van der Waals surface area contributed by atoms with Gasteiger partial charge in [-0.1, -0.05) is 45.7 Å². The molecular formula is C15H12BrClN2O. The molecule has 1 aromatic heterocycles. The topological polar surface area (TPSA) is 51.2 Å². The maximum Gasteiger partial charge on any atom is 0.134 e. The normalized spacial score (nSPS) is 12.8. The standard InChI is InChI=1S/C15H12BrClN2O/c16-12-6-5-10(17)8-11(12)15(19-18)14-7-9-3-1-2-4-13(9)20-14/h1-8,15,19H,18H2. The Labute approximate surface area is 129 Å². The molecule has 0 amide bonds. The van der Waals surface area contributed by atoms with Gasteiger partial charge < -0.3 is 4.42 Å². The molecule has 0 fully saturated rings. The van der Waals surface area contributed by atoms with E-state index < -0.39 is 0 Å². The predicted octanol–water partition coefficient (Wildman–Crippen LogP) is 4.40. The molecule has 0 bridgehead atoms. The Kier molecular flexibility index (Phi) is 3.81. The van der Waals surface area contributed by atoms with Crippen LogP contribution in [0.25, 0.3) is 11.0 Å². The molecule has 5 heteroatoms. The van der Waals surface area contributed by atoms with E-state index in [4.69, 9.17) is 21.9 Å². The van der Waals surface area contributed by atoms with Crippen LogP contribution in [0.2, 0.25) is 5.02 Å². The van der Waals surface area contributed by atoms with Gasteiger partial charge >= 0.3 is 0 Å². The van der Waals surface area contributed by atoms with Crippen LogP contribution in [0.5, 0.6) is 0 Å². The fraction of sp³-hybridized carbons (Fsp3) is 0.0667. The molecule has 0 spiro atoms. The lowest BCUT2D eigenvalue weighted by molar-refractivity contribution is 0.476. The monoisotopic (exact) mass is 350 g/mol. The van der Waals surface area contributed by atoms with E-state index >= 15 is 0 Å². The largest absolute Gasteiger partial charge is 0.459 e. The zero-order valence-corrected chi connectivity index (χ0v) is 12.8. The summed E-state index contributed by atoms with van der Waals surface area (Å²) in [7, 11) is 0. The van der Waals surface area contributed by atoms with Crippen LogP contribution in [0.4, 0.5) is 0 Å². The summed E-state index contributed by atoms with van der Waals surface area (Å²) in [5, 5.41) is 1.69. The van der Waals surface area contributed by atoms with Crippen LogP contribution in [-0.2, 0) is 0 Å². The predicted molar refractivity (Wildman–Crippen MR) is 84.5 cm³/mol. The summed E-state index contributed by atoms with van der Waals surface area (Å²) in [5.41, 5.74) is 4.55. The highest BCUT2D eigenvalue weighted by Gasteiger charge is 2.19. The number of fused-ring (bicyclic) bond motifs is 1. The lowest BCUT2D eigenvalue weighted by atomic mass is 10.1.